The number of pyridine rings is 1. The van der Waals surface area contributed by atoms with Gasteiger partial charge in [0.1, 0.15) is 0 Å². The number of fused-ring (bicyclic) bond motifs is 1. The lowest BCUT2D eigenvalue weighted by Gasteiger charge is -2.31. The van der Waals surface area contributed by atoms with Crippen molar-refractivity contribution in [1.29, 1.82) is 0 Å². The molecule has 1 atom stereocenters. The van der Waals surface area contributed by atoms with Gasteiger partial charge in [-0.2, -0.15) is 0 Å². The van der Waals surface area contributed by atoms with Gasteiger partial charge in [0.25, 0.3) is 0 Å². The van der Waals surface area contributed by atoms with Gasteiger partial charge in [-0.15, -0.1) is 10.2 Å². The first-order valence-corrected chi connectivity index (χ1v) is 7.03. The molecule has 20 heavy (non-hydrogen) atoms. The van der Waals surface area contributed by atoms with Gasteiger partial charge in [0.15, 0.2) is 5.65 Å². The standard InChI is InChI=1S/C13H16ClN5O/c1-15-12(20)9-3-2-6-18(7-9)13-17-16-11-5-4-10(14)8-19(11)13/h4-5,8-9H,2-3,6-7H2,1H3,(H,15,20). The number of nitrogens with one attached hydrogen (secondary N) is 1. The van der Waals surface area contributed by atoms with Gasteiger partial charge < -0.3 is 10.2 Å². The Morgan fingerprint density at radius 3 is 3.10 bits per heavy atom. The number of carbonyl (C=O) groups is 1. The molecule has 0 aromatic carbocycles. The maximum atomic E-state index is 11.8. The van der Waals surface area contributed by atoms with Crippen LogP contribution in [0.5, 0.6) is 0 Å². The minimum Gasteiger partial charge on any atom is -0.359 e. The molecule has 0 bridgehead atoms. The maximum absolute atomic E-state index is 11.8. The Bertz CT molecular complexity index is 641. The van der Waals surface area contributed by atoms with Gasteiger partial charge in [-0.25, -0.2) is 0 Å². The van der Waals surface area contributed by atoms with Crippen LogP contribution in [0, 0.1) is 5.92 Å². The van der Waals surface area contributed by atoms with Crippen LogP contribution in [-0.4, -0.2) is 40.6 Å². The van der Waals surface area contributed by atoms with E-state index in [1.54, 1.807) is 19.3 Å². The number of aromatic nitrogens is 3. The molecular weight excluding hydrogens is 278 g/mol. The highest BCUT2D eigenvalue weighted by molar-refractivity contribution is 6.30. The van der Waals surface area contributed by atoms with Crippen molar-refractivity contribution in [2.75, 3.05) is 25.0 Å². The normalized spacial score (nSPS) is 19.3. The number of anilines is 1. The summed E-state index contributed by atoms with van der Waals surface area (Å²) in [6.07, 6.45) is 3.68. The lowest BCUT2D eigenvalue weighted by Crippen LogP contribution is -2.42. The van der Waals surface area contributed by atoms with Crippen molar-refractivity contribution in [3.05, 3.63) is 23.4 Å². The van der Waals surface area contributed by atoms with Crippen LogP contribution in [0.4, 0.5) is 5.95 Å². The van der Waals surface area contributed by atoms with E-state index in [0.717, 1.165) is 31.0 Å². The molecule has 1 N–H and O–H groups in total. The molecule has 106 valence electrons. The van der Waals surface area contributed by atoms with Crippen molar-refractivity contribution in [2.45, 2.75) is 12.8 Å². The zero-order valence-electron chi connectivity index (χ0n) is 11.2. The number of carbonyl (C=O) groups excluding carboxylic acids is 1. The second kappa shape index (κ2) is 5.28. The van der Waals surface area contributed by atoms with E-state index in [1.807, 2.05) is 10.5 Å². The van der Waals surface area contributed by atoms with Crippen molar-refractivity contribution in [3.63, 3.8) is 0 Å². The molecule has 0 radical (unpaired) electrons. The first kappa shape index (κ1) is 13.2. The Balaban J connectivity index is 1.90. The van der Waals surface area contributed by atoms with Crippen LogP contribution in [-0.2, 0) is 4.79 Å². The fraction of sp³-hybridized carbons (Fsp3) is 0.462. The smallest absolute Gasteiger partial charge is 0.231 e. The quantitative estimate of drug-likeness (QED) is 0.908. The van der Waals surface area contributed by atoms with E-state index in [4.69, 9.17) is 11.6 Å². The van der Waals surface area contributed by atoms with E-state index in [1.165, 1.54) is 0 Å². The first-order valence-electron chi connectivity index (χ1n) is 6.66. The first-order chi connectivity index (χ1) is 9.69. The molecule has 6 nitrogen and oxygen atoms in total. The van der Waals surface area contributed by atoms with E-state index in [0.29, 0.717) is 11.6 Å². The average Bonchev–Trinajstić information content (AvgIpc) is 2.89. The number of nitrogens with zero attached hydrogens (tertiary/aromatic N) is 4. The van der Waals surface area contributed by atoms with Gasteiger partial charge in [-0.1, -0.05) is 11.6 Å². The summed E-state index contributed by atoms with van der Waals surface area (Å²) in [5.41, 5.74) is 0.756. The Labute approximate surface area is 121 Å². The molecule has 3 rings (SSSR count). The van der Waals surface area contributed by atoms with Crippen molar-refractivity contribution in [1.82, 2.24) is 19.9 Å². The minimum absolute atomic E-state index is 0.000263. The highest BCUT2D eigenvalue weighted by Gasteiger charge is 2.27. The van der Waals surface area contributed by atoms with Crippen LogP contribution in [0.2, 0.25) is 5.02 Å². The summed E-state index contributed by atoms with van der Waals surface area (Å²) in [5, 5.41) is 11.7. The molecule has 7 heteroatoms. The van der Waals surface area contributed by atoms with E-state index < -0.39 is 0 Å². The number of hydrogen-bond acceptors (Lipinski definition) is 4. The molecular formula is C13H16ClN5O. The Kier molecular flexibility index (Phi) is 3.48. The Morgan fingerprint density at radius 2 is 2.30 bits per heavy atom. The fourth-order valence-electron chi connectivity index (χ4n) is 2.65. The second-order valence-electron chi connectivity index (χ2n) is 4.97. The van der Waals surface area contributed by atoms with Crippen LogP contribution in [0.3, 0.4) is 0 Å². The molecule has 3 heterocycles. The van der Waals surface area contributed by atoms with E-state index >= 15 is 0 Å². The maximum Gasteiger partial charge on any atom is 0.231 e. The van der Waals surface area contributed by atoms with Crippen molar-refractivity contribution in [2.24, 2.45) is 5.92 Å². The zero-order valence-corrected chi connectivity index (χ0v) is 12.0. The van der Waals surface area contributed by atoms with Gasteiger partial charge >= 0.3 is 0 Å². The SMILES string of the molecule is CNC(=O)C1CCCN(c2nnc3ccc(Cl)cn23)C1. The van der Waals surface area contributed by atoms with Crippen molar-refractivity contribution >= 4 is 29.1 Å². The van der Waals surface area contributed by atoms with E-state index in [2.05, 4.69) is 20.4 Å². The number of amides is 1. The molecule has 1 aliphatic heterocycles. The summed E-state index contributed by atoms with van der Waals surface area (Å²) in [7, 11) is 1.67. The lowest BCUT2D eigenvalue weighted by molar-refractivity contribution is -0.124. The summed E-state index contributed by atoms with van der Waals surface area (Å²) in [4.78, 5) is 13.9. The minimum atomic E-state index is 0.000263. The molecule has 2 aromatic rings. The summed E-state index contributed by atoms with van der Waals surface area (Å²) >= 11 is 6.03. The molecule has 1 aliphatic rings. The monoisotopic (exact) mass is 293 g/mol. The summed E-state index contributed by atoms with van der Waals surface area (Å²) < 4.78 is 1.87. The van der Waals surface area contributed by atoms with Crippen LogP contribution in [0.1, 0.15) is 12.8 Å². The number of rotatable bonds is 2. The van der Waals surface area contributed by atoms with Gasteiger partial charge in [0, 0.05) is 26.3 Å². The van der Waals surface area contributed by atoms with Gasteiger partial charge in [0.2, 0.25) is 11.9 Å². The third-order valence-electron chi connectivity index (χ3n) is 3.67. The summed E-state index contributed by atoms with van der Waals surface area (Å²) in [6.45, 7) is 1.54. The highest BCUT2D eigenvalue weighted by atomic mass is 35.5. The predicted molar refractivity (Wildman–Crippen MR) is 77.0 cm³/mol. The largest absolute Gasteiger partial charge is 0.359 e. The molecule has 0 aliphatic carbocycles. The number of piperidine rings is 1. The van der Waals surface area contributed by atoms with E-state index in [9.17, 15) is 4.79 Å². The third-order valence-corrected chi connectivity index (χ3v) is 3.89. The molecule has 0 spiro atoms. The van der Waals surface area contributed by atoms with Crippen molar-refractivity contribution in [3.8, 4) is 0 Å². The van der Waals surface area contributed by atoms with Crippen LogP contribution >= 0.6 is 11.6 Å². The van der Waals surface area contributed by atoms with Crippen molar-refractivity contribution < 1.29 is 4.79 Å². The number of hydrogen-bond donors (Lipinski definition) is 1. The number of halogens is 1. The van der Waals surface area contributed by atoms with Crippen LogP contribution < -0.4 is 10.2 Å². The second-order valence-corrected chi connectivity index (χ2v) is 5.41. The fourth-order valence-corrected chi connectivity index (χ4v) is 2.81. The summed E-state index contributed by atoms with van der Waals surface area (Å²) in [6, 6.07) is 3.62. The average molecular weight is 294 g/mol. The van der Waals surface area contributed by atoms with Gasteiger partial charge in [0.05, 0.1) is 10.9 Å². The molecule has 0 saturated carbocycles. The van der Waals surface area contributed by atoms with Gasteiger partial charge in [-0.3, -0.25) is 9.20 Å². The Hall–Kier alpha value is -1.82. The Morgan fingerprint density at radius 1 is 1.45 bits per heavy atom. The molecule has 1 fully saturated rings. The molecule has 1 unspecified atom stereocenters. The molecule has 1 amide bonds. The van der Waals surface area contributed by atoms with Gasteiger partial charge in [-0.05, 0) is 25.0 Å². The zero-order chi connectivity index (χ0) is 14.1. The topological polar surface area (TPSA) is 62.5 Å². The lowest BCUT2D eigenvalue weighted by atomic mass is 9.97. The molecule has 1 saturated heterocycles. The van der Waals surface area contributed by atoms with Crippen LogP contribution in [0.15, 0.2) is 18.3 Å². The van der Waals surface area contributed by atoms with E-state index in [-0.39, 0.29) is 11.8 Å². The van der Waals surface area contributed by atoms with Crippen LogP contribution in [0.25, 0.3) is 5.65 Å². The summed E-state index contributed by atoms with van der Waals surface area (Å²) in [5.74, 6) is 0.831. The third kappa shape index (κ3) is 2.31. The highest BCUT2D eigenvalue weighted by Crippen LogP contribution is 2.23. The molecule has 2 aromatic heterocycles. The predicted octanol–water partition coefficient (Wildman–Crippen LogP) is 1.35.